The summed E-state index contributed by atoms with van der Waals surface area (Å²) >= 11 is 0. The number of fused-ring (bicyclic) bond motifs is 1. The standard InChI is InChI=1S/C31H29N3O2/c1-22-12-11-19-34-27(21-32-31(22)34)26(25-17-9-10-18-28(25)36-2)20-29(35)33-30(23-13-5-3-6-14-23)24-15-7-4-8-16-24/h3-19,21,26,30H,20H2,1-2H3,(H,33,35)/t26-/m0/s1. The van der Waals surface area contributed by atoms with Crippen molar-refractivity contribution in [1.82, 2.24) is 14.7 Å². The quantitative estimate of drug-likeness (QED) is 0.296. The van der Waals surface area contributed by atoms with Crippen LogP contribution in [0.2, 0.25) is 0 Å². The van der Waals surface area contributed by atoms with Crippen molar-refractivity contribution in [3.8, 4) is 5.75 Å². The van der Waals surface area contributed by atoms with Crippen molar-refractivity contribution in [2.75, 3.05) is 7.11 Å². The van der Waals surface area contributed by atoms with Crippen LogP contribution < -0.4 is 10.1 Å². The monoisotopic (exact) mass is 475 g/mol. The van der Waals surface area contributed by atoms with Crippen LogP contribution >= 0.6 is 0 Å². The molecule has 0 saturated carbocycles. The van der Waals surface area contributed by atoms with Gasteiger partial charge in [0.15, 0.2) is 0 Å². The molecule has 0 aliphatic carbocycles. The second kappa shape index (κ2) is 10.5. The topological polar surface area (TPSA) is 55.6 Å². The number of hydrogen-bond acceptors (Lipinski definition) is 3. The van der Waals surface area contributed by atoms with E-state index in [-0.39, 0.29) is 24.3 Å². The zero-order valence-corrected chi connectivity index (χ0v) is 20.5. The highest BCUT2D eigenvalue weighted by Crippen LogP contribution is 2.35. The molecule has 0 fully saturated rings. The highest BCUT2D eigenvalue weighted by Gasteiger charge is 2.26. The Morgan fingerprint density at radius 3 is 2.19 bits per heavy atom. The molecule has 0 bridgehead atoms. The highest BCUT2D eigenvalue weighted by molar-refractivity contribution is 5.79. The molecule has 0 saturated heterocycles. The van der Waals surface area contributed by atoms with Gasteiger partial charge in [0, 0.05) is 30.3 Å². The van der Waals surface area contributed by atoms with Crippen molar-refractivity contribution in [2.45, 2.75) is 25.3 Å². The Kier molecular flexibility index (Phi) is 6.80. The van der Waals surface area contributed by atoms with Crippen LogP contribution in [0.4, 0.5) is 0 Å². The summed E-state index contributed by atoms with van der Waals surface area (Å²) in [6.07, 6.45) is 4.12. The molecule has 0 aliphatic rings. The Hall–Kier alpha value is -4.38. The number of methoxy groups -OCH3 is 1. The molecule has 5 nitrogen and oxygen atoms in total. The van der Waals surface area contributed by atoms with Crippen LogP contribution in [-0.4, -0.2) is 22.4 Å². The van der Waals surface area contributed by atoms with E-state index in [1.54, 1.807) is 7.11 Å². The Bertz CT molecular complexity index is 1420. The van der Waals surface area contributed by atoms with Crippen LogP contribution in [0.25, 0.3) is 5.65 Å². The summed E-state index contributed by atoms with van der Waals surface area (Å²) in [5.41, 5.74) is 5.95. The van der Waals surface area contributed by atoms with E-state index in [4.69, 9.17) is 4.74 Å². The van der Waals surface area contributed by atoms with Crippen LogP contribution in [0, 0.1) is 6.92 Å². The van der Waals surface area contributed by atoms with Crippen molar-refractivity contribution in [3.63, 3.8) is 0 Å². The lowest BCUT2D eigenvalue weighted by atomic mass is 9.90. The summed E-state index contributed by atoms with van der Waals surface area (Å²) in [4.78, 5) is 18.4. The van der Waals surface area contributed by atoms with Crippen LogP contribution in [0.3, 0.4) is 0 Å². The number of para-hydroxylation sites is 1. The smallest absolute Gasteiger partial charge is 0.221 e. The number of nitrogens with zero attached hydrogens (tertiary/aromatic N) is 2. The molecule has 2 heterocycles. The lowest BCUT2D eigenvalue weighted by molar-refractivity contribution is -0.121. The van der Waals surface area contributed by atoms with Crippen LogP contribution in [0.1, 0.15) is 46.3 Å². The fourth-order valence-electron chi connectivity index (χ4n) is 4.81. The lowest BCUT2D eigenvalue weighted by Crippen LogP contribution is -2.30. The van der Waals surface area contributed by atoms with Gasteiger partial charge in [0.05, 0.1) is 18.8 Å². The average molecular weight is 476 g/mol. The van der Waals surface area contributed by atoms with Gasteiger partial charge in [-0.1, -0.05) is 84.9 Å². The van der Waals surface area contributed by atoms with E-state index in [0.717, 1.165) is 39.3 Å². The van der Waals surface area contributed by atoms with Gasteiger partial charge < -0.3 is 14.5 Å². The maximum absolute atomic E-state index is 13.7. The van der Waals surface area contributed by atoms with E-state index in [1.165, 1.54) is 0 Å². The van der Waals surface area contributed by atoms with Gasteiger partial charge >= 0.3 is 0 Å². The Morgan fingerprint density at radius 2 is 1.53 bits per heavy atom. The minimum absolute atomic E-state index is 0.0498. The van der Waals surface area contributed by atoms with E-state index in [9.17, 15) is 4.79 Å². The number of nitrogens with one attached hydrogen (secondary N) is 1. The Balaban J connectivity index is 1.53. The van der Waals surface area contributed by atoms with Crippen molar-refractivity contribution < 1.29 is 9.53 Å². The number of ether oxygens (including phenoxy) is 1. The first kappa shape index (κ1) is 23.4. The molecule has 5 rings (SSSR count). The average Bonchev–Trinajstić information content (AvgIpc) is 3.37. The third-order valence-corrected chi connectivity index (χ3v) is 6.59. The largest absolute Gasteiger partial charge is 0.496 e. The maximum Gasteiger partial charge on any atom is 0.221 e. The van der Waals surface area contributed by atoms with E-state index in [0.29, 0.717) is 0 Å². The van der Waals surface area contributed by atoms with Gasteiger partial charge in [-0.25, -0.2) is 4.98 Å². The third kappa shape index (κ3) is 4.73. The summed E-state index contributed by atoms with van der Waals surface area (Å²) < 4.78 is 7.78. The number of amides is 1. The number of aromatic nitrogens is 2. The van der Waals surface area contributed by atoms with Crippen molar-refractivity contribution in [2.24, 2.45) is 0 Å². The summed E-state index contributed by atoms with van der Waals surface area (Å²) in [6.45, 7) is 2.04. The van der Waals surface area contributed by atoms with Crippen molar-refractivity contribution >= 4 is 11.6 Å². The third-order valence-electron chi connectivity index (χ3n) is 6.59. The molecule has 1 atom stereocenters. The minimum Gasteiger partial charge on any atom is -0.496 e. The molecule has 180 valence electrons. The zero-order valence-electron chi connectivity index (χ0n) is 20.5. The SMILES string of the molecule is COc1ccccc1[C@H](CC(=O)NC(c1ccccc1)c1ccccc1)c1cnc2c(C)cccn12. The molecule has 1 N–H and O–H groups in total. The first-order valence-electron chi connectivity index (χ1n) is 12.1. The molecular formula is C31H29N3O2. The predicted octanol–water partition coefficient (Wildman–Crippen LogP) is 6.08. The molecule has 5 aromatic rings. The molecule has 5 heteroatoms. The van der Waals surface area contributed by atoms with E-state index in [2.05, 4.69) is 14.7 Å². The number of carbonyl (C=O) groups is 1. The second-order valence-electron chi connectivity index (χ2n) is 8.89. The molecule has 0 unspecified atom stereocenters. The predicted molar refractivity (Wildman–Crippen MR) is 142 cm³/mol. The van der Waals surface area contributed by atoms with Crippen LogP contribution in [0.15, 0.2) is 109 Å². The van der Waals surface area contributed by atoms with Crippen LogP contribution in [0.5, 0.6) is 5.75 Å². The summed E-state index contributed by atoms with van der Waals surface area (Å²) in [6, 6.07) is 31.8. The number of aryl methyl sites for hydroxylation is 1. The van der Waals surface area contributed by atoms with Crippen molar-refractivity contribution in [1.29, 1.82) is 0 Å². The number of benzene rings is 3. The number of pyridine rings is 1. The second-order valence-corrected chi connectivity index (χ2v) is 8.89. The molecule has 0 aliphatic heterocycles. The highest BCUT2D eigenvalue weighted by atomic mass is 16.5. The molecule has 36 heavy (non-hydrogen) atoms. The van der Waals surface area contributed by atoms with Gasteiger partial charge in [-0.2, -0.15) is 0 Å². The Labute approximate surface area is 211 Å². The summed E-state index contributed by atoms with van der Waals surface area (Å²) in [5.74, 6) is 0.455. The summed E-state index contributed by atoms with van der Waals surface area (Å²) in [5, 5.41) is 3.30. The zero-order chi connectivity index (χ0) is 24.9. The van der Waals surface area contributed by atoms with Gasteiger partial charge in [0.25, 0.3) is 0 Å². The molecule has 3 aromatic carbocycles. The number of rotatable bonds is 8. The fourth-order valence-corrected chi connectivity index (χ4v) is 4.81. The number of hydrogen-bond donors (Lipinski definition) is 1. The van der Waals surface area contributed by atoms with Gasteiger partial charge in [-0.15, -0.1) is 0 Å². The van der Waals surface area contributed by atoms with Gasteiger partial charge in [-0.05, 0) is 35.7 Å². The first-order chi connectivity index (χ1) is 17.7. The van der Waals surface area contributed by atoms with E-state index < -0.39 is 0 Å². The molecular weight excluding hydrogens is 446 g/mol. The van der Waals surface area contributed by atoms with Gasteiger partial charge in [0.2, 0.25) is 5.91 Å². The molecule has 0 spiro atoms. The normalized spacial score (nSPS) is 12.0. The Morgan fingerprint density at radius 1 is 0.889 bits per heavy atom. The number of imidazole rings is 1. The van der Waals surface area contributed by atoms with Crippen molar-refractivity contribution in [3.05, 3.63) is 137 Å². The lowest BCUT2D eigenvalue weighted by Gasteiger charge is -2.23. The fraction of sp³-hybridized carbons (Fsp3) is 0.161. The number of carbonyl (C=O) groups excluding carboxylic acids is 1. The minimum atomic E-state index is -0.248. The molecule has 0 radical (unpaired) electrons. The first-order valence-corrected chi connectivity index (χ1v) is 12.1. The van der Waals surface area contributed by atoms with E-state index in [1.807, 2.05) is 116 Å². The molecule has 2 aromatic heterocycles. The molecule has 1 amide bonds. The maximum atomic E-state index is 13.7. The van der Waals surface area contributed by atoms with Gasteiger partial charge in [0.1, 0.15) is 11.4 Å². The van der Waals surface area contributed by atoms with Crippen LogP contribution in [-0.2, 0) is 4.79 Å². The summed E-state index contributed by atoms with van der Waals surface area (Å²) in [7, 11) is 1.66. The van der Waals surface area contributed by atoms with Gasteiger partial charge in [-0.3, -0.25) is 4.79 Å². The van der Waals surface area contributed by atoms with E-state index >= 15 is 0 Å².